The molecule has 0 heterocycles. The highest BCUT2D eigenvalue weighted by atomic mass is 19.1. The Morgan fingerprint density at radius 1 is 1.16 bits per heavy atom. The standard InChI is InChI=1S/C16H16FNO/c17-10-4-12-19-16-9-8-13-5-1-2-6-14(13)15(16)7-3-11-18/h1-2,5-6,8-9H,4,10-12,18H2. The largest absolute Gasteiger partial charge is 0.492 e. The molecule has 19 heavy (non-hydrogen) atoms. The first kappa shape index (κ1) is 13.4. The topological polar surface area (TPSA) is 35.2 Å². The van der Waals surface area contributed by atoms with Crippen molar-refractivity contribution in [2.75, 3.05) is 19.8 Å². The smallest absolute Gasteiger partial charge is 0.135 e. The van der Waals surface area contributed by atoms with Gasteiger partial charge >= 0.3 is 0 Å². The molecule has 0 saturated heterocycles. The van der Waals surface area contributed by atoms with Gasteiger partial charge in [0.15, 0.2) is 0 Å². The summed E-state index contributed by atoms with van der Waals surface area (Å²) >= 11 is 0. The van der Waals surface area contributed by atoms with Gasteiger partial charge in [0, 0.05) is 11.8 Å². The Balaban J connectivity index is 2.44. The van der Waals surface area contributed by atoms with Crippen LogP contribution in [0.15, 0.2) is 36.4 Å². The average molecular weight is 257 g/mol. The first-order chi connectivity index (χ1) is 9.36. The van der Waals surface area contributed by atoms with E-state index in [1.165, 1.54) is 0 Å². The third-order valence-corrected chi connectivity index (χ3v) is 2.74. The second-order valence-corrected chi connectivity index (χ2v) is 4.06. The van der Waals surface area contributed by atoms with Gasteiger partial charge < -0.3 is 10.5 Å². The highest BCUT2D eigenvalue weighted by Crippen LogP contribution is 2.27. The summed E-state index contributed by atoms with van der Waals surface area (Å²) in [4.78, 5) is 0. The fourth-order valence-electron chi connectivity index (χ4n) is 1.88. The molecule has 0 saturated carbocycles. The number of alkyl halides is 1. The van der Waals surface area contributed by atoms with Gasteiger partial charge in [-0.1, -0.05) is 42.2 Å². The number of rotatable bonds is 4. The van der Waals surface area contributed by atoms with Crippen molar-refractivity contribution in [2.45, 2.75) is 6.42 Å². The molecule has 0 unspecified atom stereocenters. The molecule has 0 fully saturated rings. The SMILES string of the molecule is NCC#Cc1c(OCCCF)ccc2ccccc12. The molecule has 0 atom stereocenters. The van der Waals surface area contributed by atoms with Crippen molar-refractivity contribution < 1.29 is 9.13 Å². The summed E-state index contributed by atoms with van der Waals surface area (Å²) in [6, 6.07) is 11.8. The van der Waals surface area contributed by atoms with Crippen LogP contribution < -0.4 is 10.5 Å². The van der Waals surface area contributed by atoms with E-state index < -0.39 is 0 Å². The Morgan fingerprint density at radius 3 is 2.79 bits per heavy atom. The summed E-state index contributed by atoms with van der Waals surface area (Å²) in [5.74, 6) is 6.59. The van der Waals surface area contributed by atoms with Crippen molar-refractivity contribution >= 4 is 10.8 Å². The second kappa shape index (κ2) is 6.77. The van der Waals surface area contributed by atoms with Gasteiger partial charge in [0.1, 0.15) is 5.75 Å². The van der Waals surface area contributed by atoms with Crippen molar-refractivity contribution in [1.29, 1.82) is 0 Å². The summed E-state index contributed by atoms with van der Waals surface area (Å²) in [6.07, 6.45) is 0.386. The van der Waals surface area contributed by atoms with Gasteiger partial charge in [-0.15, -0.1) is 0 Å². The molecular weight excluding hydrogens is 241 g/mol. The van der Waals surface area contributed by atoms with E-state index in [-0.39, 0.29) is 6.67 Å². The molecule has 0 amide bonds. The molecule has 0 bridgehead atoms. The summed E-state index contributed by atoms with van der Waals surface area (Å²) in [6.45, 7) is 0.274. The normalized spacial score (nSPS) is 10.0. The van der Waals surface area contributed by atoms with Crippen LogP contribution in [-0.2, 0) is 0 Å². The molecule has 2 N–H and O–H groups in total. The molecule has 0 aliphatic heterocycles. The molecule has 0 aromatic heterocycles. The van der Waals surface area contributed by atoms with Gasteiger partial charge in [-0.2, -0.15) is 0 Å². The van der Waals surface area contributed by atoms with Gasteiger partial charge in [0.25, 0.3) is 0 Å². The second-order valence-electron chi connectivity index (χ2n) is 4.06. The van der Waals surface area contributed by atoms with Crippen molar-refractivity contribution in [3.63, 3.8) is 0 Å². The van der Waals surface area contributed by atoms with E-state index in [4.69, 9.17) is 10.5 Å². The predicted octanol–water partition coefficient (Wildman–Crippen LogP) is 2.89. The van der Waals surface area contributed by atoms with E-state index in [1.807, 2.05) is 36.4 Å². The zero-order valence-corrected chi connectivity index (χ0v) is 10.7. The number of hydrogen-bond donors (Lipinski definition) is 1. The van der Waals surface area contributed by atoms with Crippen molar-refractivity contribution in [3.05, 3.63) is 42.0 Å². The van der Waals surface area contributed by atoms with Gasteiger partial charge in [0.2, 0.25) is 0 Å². The zero-order chi connectivity index (χ0) is 13.5. The number of halogens is 1. The van der Waals surface area contributed by atoms with E-state index in [1.54, 1.807) is 0 Å². The Hall–Kier alpha value is -2.05. The fraction of sp³-hybridized carbons (Fsp3) is 0.250. The number of fused-ring (bicyclic) bond motifs is 1. The Labute approximate surface area is 112 Å². The van der Waals surface area contributed by atoms with E-state index >= 15 is 0 Å². The lowest BCUT2D eigenvalue weighted by Crippen LogP contribution is -2.00. The molecule has 3 heteroatoms. The Bertz CT molecular complexity index is 613. The van der Waals surface area contributed by atoms with Crippen LogP contribution in [0.1, 0.15) is 12.0 Å². The predicted molar refractivity (Wildman–Crippen MR) is 76.0 cm³/mol. The molecule has 0 radical (unpaired) electrons. The van der Waals surface area contributed by atoms with Crippen LogP contribution in [0.4, 0.5) is 4.39 Å². The number of benzene rings is 2. The number of ether oxygens (including phenoxy) is 1. The molecule has 0 spiro atoms. The zero-order valence-electron chi connectivity index (χ0n) is 10.7. The van der Waals surface area contributed by atoms with E-state index in [0.29, 0.717) is 25.3 Å². The van der Waals surface area contributed by atoms with E-state index in [0.717, 1.165) is 16.3 Å². The third kappa shape index (κ3) is 3.24. The minimum Gasteiger partial charge on any atom is -0.492 e. The van der Waals surface area contributed by atoms with Crippen LogP contribution in [-0.4, -0.2) is 19.8 Å². The van der Waals surface area contributed by atoms with Gasteiger partial charge in [-0.05, 0) is 11.5 Å². The molecule has 2 aromatic carbocycles. The monoisotopic (exact) mass is 257 g/mol. The average Bonchev–Trinajstić information content (AvgIpc) is 2.46. The Morgan fingerprint density at radius 2 is 2.00 bits per heavy atom. The van der Waals surface area contributed by atoms with Crippen molar-refractivity contribution in [3.8, 4) is 17.6 Å². The van der Waals surface area contributed by atoms with E-state index in [9.17, 15) is 4.39 Å². The molecule has 0 aliphatic rings. The lowest BCUT2D eigenvalue weighted by molar-refractivity contribution is 0.289. The minimum atomic E-state index is -0.378. The molecule has 2 rings (SSSR count). The molecule has 98 valence electrons. The van der Waals surface area contributed by atoms with Crippen molar-refractivity contribution in [1.82, 2.24) is 0 Å². The van der Waals surface area contributed by atoms with Crippen molar-refractivity contribution in [2.24, 2.45) is 5.73 Å². The maximum Gasteiger partial charge on any atom is 0.135 e. The fourth-order valence-corrected chi connectivity index (χ4v) is 1.88. The summed E-state index contributed by atoms with van der Waals surface area (Å²) in [5.41, 5.74) is 6.25. The van der Waals surface area contributed by atoms with Crippen LogP contribution in [0, 0.1) is 11.8 Å². The van der Waals surface area contributed by atoms with Gasteiger partial charge in [-0.25, -0.2) is 0 Å². The highest BCUT2D eigenvalue weighted by molar-refractivity contribution is 5.90. The molecule has 0 aliphatic carbocycles. The first-order valence-electron chi connectivity index (χ1n) is 6.26. The van der Waals surface area contributed by atoms with Crippen LogP contribution in [0.5, 0.6) is 5.75 Å². The molecular formula is C16H16FNO. The van der Waals surface area contributed by atoms with Crippen LogP contribution in [0.3, 0.4) is 0 Å². The number of nitrogens with two attached hydrogens (primary N) is 1. The maximum absolute atomic E-state index is 12.1. The van der Waals surface area contributed by atoms with Gasteiger partial charge in [-0.3, -0.25) is 4.39 Å². The molecule has 2 aromatic rings. The lowest BCUT2D eigenvalue weighted by atomic mass is 10.0. The lowest BCUT2D eigenvalue weighted by Gasteiger charge is -2.10. The summed E-state index contributed by atoms with van der Waals surface area (Å²) in [5, 5.41) is 2.13. The molecule has 2 nitrogen and oxygen atoms in total. The van der Waals surface area contributed by atoms with E-state index in [2.05, 4.69) is 11.8 Å². The first-order valence-corrected chi connectivity index (χ1v) is 6.26. The van der Waals surface area contributed by atoms with Crippen LogP contribution in [0.2, 0.25) is 0 Å². The Kier molecular flexibility index (Phi) is 4.77. The van der Waals surface area contributed by atoms with Crippen LogP contribution in [0.25, 0.3) is 10.8 Å². The van der Waals surface area contributed by atoms with Gasteiger partial charge in [0.05, 0.1) is 25.4 Å². The maximum atomic E-state index is 12.1. The number of hydrogen-bond acceptors (Lipinski definition) is 2. The van der Waals surface area contributed by atoms with Crippen LogP contribution >= 0.6 is 0 Å². The quantitative estimate of drug-likeness (QED) is 0.675. The highest BCUT2D eigenvalue weighted by Gasteiger charge is 2.06. The third-order valence-electron chi connectivity index (χ3n) is 2.74. The summed E-state index contributed by atoms with van der Waals surface area (Å²) in [7, 11) is 0. The minimum absolute atomic E-state index is 0.299. The summed E-state index contributed by atoms with van der Waals surface area (Å²) < 4.78 is 17.7.